The van der Waals surface area contributed by atoms with Crippen LogP contribution < -0.4 is 0 Å². The molecule has 0 aliphatic carbocycles. The number of thioether (sulfide) groups is 2. The first-order chi connectivity index (χ1) is 7.79. The smallest absolute Gasteiger partial charge is 0.238 e. The molecular formula is C7H12N4O3S2. The van der Waals surface area contributed by atoms with Crippen molar-refractivity contribution in [3.63, 3.8) is 0 Å². The van der Waals surface area contributed by atoms with Gasteiger partial charge in [-0.05, 0) is 10.6 Å². The lowest BCUT2D eigenvalue weighted by atomic mass is 10.3. The van der Waals surface area contributed by atoms with Crippen LogP contribution in [0.1, 0.15) is 0 Å². The molecule has 1 aliphatic rings. The van der Waals surface area contributed by atoms with Gasteiger partial charge in [0.1, 0.15) is 12.8 Å². The van der Waals surface area contributed by atoms with E-state index >= 15 is 0 Å². The number of amides is 1. The minimum absolute atomic E-state index is 0.0372. The number of hydrogen-bond donors (Lipinski definition) is 1. The highest BCUT2D eigenvalue weighted by atomic mass is 32.2. The van der Waals surface area contributed by atoms with Crippen molar-refractivity contribution in [3.8, 4) is 0 Å². The van der Waals surface area contributed by atoms with Crippen molar-refractivity contribution < 1.29 is 14.6 Å². The van der Waals surface area contributed by atoms with Crippen molar-refractivity contribution in [2.75, 3.05) is 30.2 Å². The fraction of sp³-hybridized carbons (Fsp3) is 0.857. The number of hydrogen-bond acceptors (Lipinski definition) is 6. The van der Waals surface area contributed by atoms with Crippen molar-refractivity contribution in [3.05, 3.63) is 10.4 Å². The predicted octanol–water partition coefficient (Wildman–Crippen LogP) is 0.813. The molecular weight excluding hydrogens is 252 g/mol. The Morgan fingerprint density at radius 1 is 1.62 bits per heavy atom. The Morgan fingerprint density at radius 2 is 2.31 bits per heavy atom. The summed E-state index contributed by atoms with van der Waals surface area (Å²) in [4.78, 5) is 15.8. The van der Waals surface area contributed by atoms with Crippen LogP contribution in [0.4, 0.5) is 0 Å². The van der Waals surface area contributed by atoms with Gasteiger partial charge < -0.3 is 9.84 Å². The van der Waals surface area contributed by atoms with Crippen LogP contribution in [0.15, 0.2) is 5.11 Å². The molecule has 0 aromatic carbocycles. The van der Waals surface area contributed by atoms with Crippen LogP contribution in [0, 0.1) is 0 Å². The molecule has 0 aromatic heterocycles. The number of carbonyl (C=O) groups is 1. The third kappa shape index (κ3) is 4.20. The standard InChI is InChI=1S/C7H12N4O3S2/c8-10-9-7(13)6(1-14-4-12)11-2-15-5-16-3-11/h6,12H,1-5H2. The number of rotatable bonds is 5. The van der Waals surface area contributed by atoms with Gasteiger partial charge in [0.15, 0.2) is 0 Å². The molecule has 1 aliphatic heterocycles. The number of aliphatic hydroxyl groups excluding tert-OH is 1. The summed E-state index contributed by atoms with van der Waals surface area (Å²) in [6.45, 7) is -0.413. The number of aliphatic hydroxyl groups is 1. The Hall–Kier alpha value is -0.440. The van der Waals surface area contributed by atoms with Crippen molar-refractivity contribution in [2.24, 2.45) is 5.11 Å². The predicted molar refractivity (Wildman–Crippen MR) is 62.6 cm³/mol. The quantitative estimate of drug-likeness (QED) is 0.341. The normalized spacial score (nSPS) is 18.8. The SMILES string of the molecule is [N-]=[N+]=NC(=O)C(COCO)N1CSCSC1. The zero-order chi connectivity index (χ0) is 11.8. The van der Waals surface area contributed by atoms with Gasteiger partial charge in [0.25, 0.3) is 0 Å². The molecule has 0 bridgehead atoms. The fourth-order valence-electron chi connectivity index (χ4n) is 1.19. The average molecular weight is 264 g/mol. The lowest BCUT2D eigenvalue weighted by molar-refractivity contribution is -0.126. The number of carbonyl (C=O) groups excluding carboxylic acids is 1. The molecule has 0 aromatic rings. The van der Waals surface area contributed by atoms with E-state index in [0.29, 0.717) is 11.8 Å². The lowest BCUT2D eigenvalue weighted by Gasteiger charge is -2.31. The molecule has 7 nitrogen and oxygen atoms in total. The van der Waals surface area contributed by atoms with Crippen LogP contribution >= 0.6 is 23.5 Å². The molecule has 90 valence electrons. The third-order valence-electron chi connectivity index (χ3n) is 1.92. The summed E-state index contributed by atoms with van der Waals surface area (Å²) < 4.78 is 4.81. The average Bonchev–Trinajstić information content (AvgIpc) is 2.31. The molecule has 0 spiro atoms. The maximum absolute atomic E-state index is 11.5. The number of ether oxygens (including phenoxy) is 1. The second kappa shape index (κ2) is 7.77. The Labute approximate surface area is 101 Å². The van der Waals surface area contributed by atoms with Gasteiger partial charge in [-0.25, -0.2) is 0 Å². The lowest BCUT2D eigenvalue weighted by Crippen LogP contribution is -2.44. The molecule has 1 amide bonds. The Kier molecular flexibility index (Phi) is 6.62. The van der Waals surface area contributed by atoms with Gasteiger partial charge in [-0.1, -0.05) is 0 Å². The summed E-state index contributed by atoms with van der Waals surface area (Å²) in [6.07, 6.45) is 0. The molecule has 1 atom stereocenters. The molecule has 1 fully saturated rings. The molecule has 9 heteroatoms. The van der Waals surface area contributed by atoms with Gasteiger partial charge in [-0.3, -0.25) is 9.69 Å². The van der Waals surface area contributed by atoms with Crippen LogP contribution in [0.2, 0.25) is 0 Å². The van der Waals surface area contributed by atoms with E-state index in [2.05, 4.69) is 10.0 Å². The van der Waals surface area contributed by atoms with Crippen LogP contribution in [-0.2, 0) is 9.53 Å². The number of nitrogens with zero attached hydrogens (tertiary/aromatic N) is 4. The van der Waals surface area contributed by atoms with E-state index in [4.69, 9.17) is 15.4 Å². The summed E-state index contributed by atoms with van der Waals surface area (Å²) in [7, 11) is 0. The molecule has 0 radical (unpaired) electrons. The van der Waals surface area contributed by atoms with Crippen molar-refractivity contribution in [1.82, 2.24) is 4.90 Å². The van der Waals surface area contributed by atoms with Crippen LogP contribution in [0.3, 0.4) is 0 Å². The maximum atomic E-state index is 11.5. The summed E-state index contributed by atoms with van der Waals surface area (Å²) in [5, 5.41) is 12.6. The minimum atomic E-state index is -0.608. The zero-order valence-corrected chi connectivity index (χ0v) is 10.1. The van der Waals surface area contributed by atoms with Crippen LogP contribution in [-0.4, -0.2) is 52.2 Å². The highest BCUT2D eigenvalue weighted by Crippen LogP contribution is 2.24. The summed E-state index contributed by atoms with van der Waals surface area (Å²) in [6, 6.07) is -0.608. The second-order valence-corrected chi connectivity index (χ2v) is 5.19. The number of azide groups is 1. The second-order valence-electron chi connectivity index (χ2n) is 2.92. The molecule has 1 heterocycles. The first-order valence-corrected chi connectivity index (χ1v) is 6.77. The minimum Gasteiger partial charge on any atom is -0.371 e. The van der Waals surface area contributed by atoms with Crippen molar-refractivity contribution >= 4 is 29.4 Å². The Bertz CT molecular complexity index is 279. The van der Waals surface area contributed by atoms with E-state index in [1.54, 1.807) is 23.5 Å². The maximum Gasteiger partial charge on any atom is 0.238 e. The van der Waals surface area contributed by atoms with E-state index in [1.165, 1.54) is 0 Å². The van der Waals surface area contributed by atoms with E-state index in [-0.39, 0.29) is 6.61 Å². The molecule has 1 rings (SSSR count). The Morgan fingerprint density at radius 3 is 2.88 bits per heavy atom. The van der Waals surface area contributed by atoms with Gasteiger partial charge in [0.05, 0.1) is 6.61 Å². The van der Waals surface area contributed by atoms with E-state index in [1.807, 2.05) is 4.90 Å². The highest BCUT2D eigenvalue weighted by Gasteiger charge is 2.26. The van der Waals surface area contributed by atoms with Gasteiger partial charge in [0.2, 0.25) is 5.91 Å². The zero-order valence-electron chi connectivity index (χ0n) is 8.48. The first-order valence-electron chi connectivity index (χ1n) is 4.46. The monoisotopic (exact) mass is 264 g/mol. The third-order valence-corrected chi connectivity index (χ3v) is 4.28. The summed E-state index contributed by atoms with van der Waals surface area (Å²) in [5.41, 5.74) is 8.23. The molecule has 16 heavy (non-hydrogen) atoms. The highest BCUT2D eigenvalue weighted by molar-refractivity contribution is 8.16. The molecule has 0 saturated carbocycles. The van der Waals surface area contributed by atoms with Gasteiger partial charge >= 0.3 is 0 Å². The summed E-state index contributed by atoms with van der Waals surface area (Å²) >= 11 is 3.37. The molecule has 1 saturated heterocycles. The van der Waals surface area contributed by atoms with Crippen molar-refractivity contribution in [2.45, 2.75) is 6.04 Å². The van der Waals surface area contributed by atoms with Crippen LogP contribution in [0.25, 0.3) is 10.4 Å². The van der Waals surface area contributed by atoms with Gasteiger partial charge in [-0.2, -0.15) is 0 Å². The van der Waals surface area contributed by atoms with E-state index in [9.17, 15) is 4.79 Å². The van der Waals surface area contributed by atoms with Crippen LogP contribution in [0.5, 0.6) is 0 Å². The van der Waals surface area contributed by atoms with Gasteiger partial charge in [0, 0.05) is 21.8 Å². The topological polar surface area (TPSA) is 98.5 Å². The molecule has 1 unspecified atom stereocenters. The fourth-order valence-corrected chi connectivity index (χ4v) is 3.39. The largest absolute Gasteiger partial charge is 0.371 e. The van der Waals surface area contributed by atoms with Crippen molar-refractivity contribution in [1.29, 1.82) is 0 Å². The molecule has 1 N–H and O–H groups in total. The first kappa shape index (κ1) is 13.6. The summed E-state index contributed by atoms with van der Waals surface area (Å²) in [5.74, 6) is 0.817. The van der Waals surface area contributed by atoms with E-state index < -0.39 is 18.7 Å². The Balaban J connectivity index is 2.60. The van der Waals surface area contributed by atoms with Gasteiger partial charge in [-0.15, -0.1) is 23.5 Å². The van der Waals surface area contributed by atoms with E-state index in [0.717, 1.165) is 5.08 Å².